The summed E-state index contributed by atoms with van der Waals surface area (Å²) in [6, 6.07) is 0. The highest BCUT2D eigenvalue weighted by Crippen LogP contribution is 2.32. The van der Waals surface area contributed by atoms with Gasteiger partial charge in [-0.25, -0.2) is 27.6 Å². The first kappa shape index (κ1) is 11.1. The van der Waals surface area contributed by atoms with Gasteiger partial charge in [0.05, 0.1) is 6.54 Å². The molecule has 88 valence electrons. The molecule has 0 atom stereocenters. The number of hydrogen-bond donors (Lipinski definition) is 0. The molecule has 0 radical (unpaired) electrons. The molecule has 0 aromatic carbocycles. The Morgan fingerprint density at radius 3 is 1.60 bits per heavy atom. The summed E-state index contributed by atoms with van der Waals surface area (Å²) in [5.74, 6) is -5.27. The van der Waals surface area contributed by atoms with Crippen LogP contribution in [-0.4, -0.2) is 48.0 Å². The molecule has 0 N–H and O–H groups in total. The Labute approximate surface area is 85.8 Å². The third kappa shape index (κ3) is 2.60. The fourth-order valence-corrected chi connectivity index (χ4v) is 2.06. The molecular weight excluding hydrogens is 212 g/mol. The van der Waals surface area contributed by atoms with Crippen molar-refractivity contribution in [1.29, 1.82) is 0 Å². The average Bonchev–Trinajstić information content (AvgIpc) is 2.46. The molecule has 0 bridgehead atoms. The van der Waals surface area contributed by atoms with E-state index in [1.807, 2.05) is 0 Å². The lowest BCUT2D eigenvalue weighted by Crippen LogP contribution is -2.49. The van der Waals surface area contributed by atoms with E-state index < -0.39 is 11.8 Å². The van der Waals surface area contributed by atoms with Crippen molar-refractivity contribution >= 4 is 0 Å². The highest BCUT2D eigenvalue weighted by molar-refractivity contribution is 4.83. The maximum Gasteiger partial charge on any atom is 0.263 e. The maximum absolute atomic E-state index is 12.9. The number of halogens is 4. The summed E-state index contributed by atoms with van der Waals surface area (Å²) in [7, 11) is 0. The van der Waals surface area contributed by atoms with Crippen LogP contribution >= 0.6 is 0 Å². The molecular formula is C9H14F4N2. The first-order chi connectivity index (χ1) is 6.88. The van der Waals surface area contributed by atoms with Gasteiger partial charge in [-0.2, -0.15) is 0 Å². The first-order valence-corrected chi connectivity index (χ1v) is 5.14. The summed E-state index contributed by atoms with van der Waals surface area (Å²) in [6.45, 7) is 0.323. The number of hydrogen-bond acceptors (Lipinski definition) is 2. The number of piperidine rings is 1. The molecule has 2 fully saturated rings. The summed E-state index contributed by atoms with van der Waals surface area (Å²) in [5, 5.41) is 3.15. The van der Waals surface area contributed by atoms with Gasteiger partial charge in [0.25, 0.3) is 11.8 Å². The summed E-state index contributed by atoms with van der Waals surface area (Å²) in [4.78, 5) is 0. The zero-order valence-electron chi connectivity index (χ0n) is 8.36. The predicted octanol–water partition coefficient (Wildman–Crippen LogP) is 1.97. The number of alkyl halides is 4. The third-order valence-corrected chi connectivity index (χ3v) is 3.02. The molecule has 6 heteroatoms. The van der Waals surface area contributed by atoms with E-state index in [2.05, 4.69) is 0 Å². The fourth-order valence-electron chi connectivity index (χ4n) is 2.06. The van der Waals surface area contributed by atoms with Gasteiger partial charge >= 0.3 is 0 Å². The van der Waals surface area contributed by atoms with Crippen LogP contribution in [0.1, 0.15) is 19.3 Å². The zero-order chi connectivity index (χ0) is 11.1. The van der Waals surface area contributed by atoms with Gasteiger partial charge in [0.1, 0.15) is 0 Å². The SMILES string of the molecule is FC1(F)CCN(N2CCC(F)(F)C2)CC1. The molecule has 2 saturated heterocycles. The Kier molecular flexibility index (Phi) is 2.66. The van der Waals surface area contributed by atoms with Crippen molar-refractivity contribution in [2.24, 2.45) is 0 Å². The molecule has 0 saturated carbocycles. The van der Waals surface area contributed by atoms with Gasteiger partial charge in [-0.3, -0.25) is 0 Å². The molecule has 0 aromatic rings. The van der Waals surface area contributed by atoms with Crippen LogP contribution in [0.2, 0.25) is 0 Å². The molecule has 2 nitrogen and oxygen atoms in total. The van der Waals surface area contributed by atoms with Crippen molar-refractivity contribution < 1.29 is 17.6 Å². The molecule has 2 rings (SSSR count). The smallest absolute Gasteiger partial charge is 0.241 e. The normalized spacial score (nSPS) is 32.0. The van der Waals surface area contributed by atoms with Crippen LogP contribution in [0.4, 0.5) is 17.6 Å². The molecule has 2 aliphatic heterocycles. The minimum absolute atomic E-state index is 0.167. The van der Waals surface area contributed by atoms with Gasteiger partial charge in [0, 0.05) is 38.9 Å². The van der Waals surface area contributed by atoms with E-state index in [-0.39, 0.29) is 45.4 Å². The van der Waals surface area contributed by atoms with Crippen LogP contribution < -0.4 is 0 Å². The van der Waals surface area contributed by atoms with Gasteiger partial charge in [-0.05, 0) is 0 Å². The summed E-state index contributed by atoms with van der Waals surface area (Å²) >= 11 is 0. The summed E-state index contributed by atoms with van der Waals surface area (Å²) in [6.07, 6.45) is -0.621. The quantitative estimate of drug-likeness (QED) is 0.631. The second-order valence-corrected chi connectivity index (χ2v) is 4.30. The second-order valence-electron chi connectivity index (χ2n) is 4.30. The third-order valence-electron chi connectivity index (χ3n) is 3.02. The largest absolute Gasteiger partial charge is 0.263 e. The van der Waals surface area contributed by atoms with Gasteiger partial charge in [0.15, 0.2) is 0 Å². The lowest BCUT2D eigenvalue weighted by Gasteiger charge is -2.37. The highest BCUT2D eigenvalue weighted by atomic mass is 19.3. The van der Waals surface area contributed by atoms with Gasteiger partial charge < -0.3 is 0 Å². The molecule has 2 aliphatic rings. The van der Waals surface area contributed by atoms with Crippen LogP contribution in [0.3, 0.4) is 0 Å². The zero-order valence-corrected chi connectivity index (χ0v) is 8.36. The van der Waals surface area contributed by atoms with Crippen molar-refractivity contribution in [2.45, 2.75) is 31.1 Å². The van der Waals surface area contributed by atoms with E-state index >= 15 is 0 Å². The Bertz CT molecular complexity index is 234. The average molecular weight is 226 g/mol. The Morgan fingerprint density at radius 2 is 1.13 bits per heavy atom. The monoisotopic (exact) mass is 226 g/mol. The van der Waals surface area contributed by atoms with Crippen molar-refractivity contribution in [2.75, 3.05) is 26.2 Å². The summed E-state index contributed by atoms with van der Waals surface area (Å²) in [5.41, 5.74) is 0. The molecule has 0 unspecified atom stereocenters. The Balaban J connectivity index is 1.87. The highest BCUT2D eigenvalue weighted by Gasteiger charge is 2.43. The standard InChI is InChI=1S/C9H14F4N2/c10-8(11)1-4-14(5-2-8)15-6-3-9(12,13)7-15/h1-7H2. The Hall–Kier alpha value is -0.360. The van der Waals surface area contributed by atoms with E-state index in [9.17, 15) is 17.6 Å². The van der Waals surface area contributed by atoms with Gasteiger partial charge in [0.2, 0.25) is 0 Å². The molecule has 0 aliphatic carbocycles. The number of hydrazine groups is 1. The van der Waals surface area contributed by atoms with Crippen LogP contribution in [0.25, 0.3) is 0 Å². The molecule has 0 aromatic heterocycles. The topological polar surface area (TPSA) is 6.48 Å². The van der Waals surface area contributed by atoms with Crippen LogP contribution in [0.5, 0.6) is 0 Å². The second kappa shape index (κ2) is 3.59. The van der Waals surface area contributed by atoms with Crippen molar-refractivity contribution in [3.63, 3.8) is 0 Å². The van der Waals surface area contributed by atoms with Crippen molar-refractivity contribution in [1.82, 2.24) is 10.0 Å². The van der Waals surface area contributed by atoms with Crippen LogP contribution in [0.15, 0.2) is 0 Å². The van der Waals surface area contributed by atoms with E-state index in [0.29, 0.717) is 0 Å². The maximum atomic E-state index is 12.9. The molecule has 2 heterocycles. The fraction of sp³-hybridized carbons (Fsp3) is 1.00. The Morgan fingerprint density at radius 1 is 0.667 bits per heavy atom. The van der Waals surface area contributed by atoms with Crippen molar-refractivity contribution in [3.05, 3.63) is 0 Å². The first-order valence-electron chi connectivity index (χ1n) is 5.14. The van der Waals surface area contributed by atoms with Crippen molar-refractivity contribution in [3.8, 4) is 0 Å². The molecule has 0 spiro atoms. The lowest BCUT2D eigenvalue weighted by molar-refractivity contribution is -0.120. The molecule has 0 amide bonds. The summed E-state index contributed by atoms with van der Waals surface area (Å²) < 4.78 is 51.4. The van der Waals surface area contributed by atoms with E-state index in [1.165, 1.54) is 5.01 Å². The van der Waals surface area contributed by atoms with E-state index in [1.54, 1.807) is 5.01 Å². The minimum Gasteiger partial charge on any atom is -0.241 e. The molecule has 15 heavy (non-hydrogen) atoms. The van der Waals surface area contributed by atoms with Crippen LogP contribution in [0, 0.1) is 0 Å². The predicted molar refractivity (Wildman–Crippen MR) is 46.9 cm³/mol. The van der Waals surface area contributed by atoms with Gasteiger partial charge in [-0.1, -0.05) is 0 Å². The minimum atomic E-state index is -2.65. The number of rotatable bonds is 1. The van der Waals surface area contributed by atoms with Crippen LogP contribution in [-0.2, 0) is 0 Å². The lowest BCUT2D eigenvalue weighted by atomic mass is 10.1. The van der Waals surface area contributed by atoms with E-state index in [0.717, 1.165) is 0 Å². The number of nitrogens with zero attached hydrogens (tertiary/aromatic N) is 2. The van der Waals surface area contributed by atoms with Gasteiger partial charge in [-0.15, -0.1) is 0 Å². The van der Waals surface area contributed by atoms with E-state index in [4.69, 9.17) is 0 Å².